The first-order valence-corrected chi connectivity index (χ1v) is 21.1. The van der Waals surface area contributed by atoms with Gasteiger partial charge in [-0.2, -0.15) is 0 Å². The van der Waals surface area contributed by atoms with Crippen LogP contribution < -0.4 is 5.73 Å². The van der Waals surface area contributed by atoms with E-state index >= 15 is 0 Å². The first-order chi connectivity index (χ1) is 28.9. The summed E-state index contributed by atoms with van der Waals surface area (Å²) in [5, 5.41) is 6.41. The average Bonchev–Trinajstić information content (AvgIpc) is 3.55. The zero-order valence-corrected chi connectivity index (χ0v) is 34.8. The van der Waals surface area contributed by atoms with Crippen LogP contribution in [0.15, 0.2) is 187 Å². The van der Waals surface area contributed by atoms with Crippen molar-refractivity contribution in [2.75, 3.05) is 0 Å². The van der Waals surface area contributed by atoms with Gasteiger partial charge in [0.2, 0.25) is 0 Å². The fourth-order valence-electron chi connectivity index (χ4n) is 10.1. The van der Waals surface area contributed by atoms with Gasteiger partial charge in [-0.05, 0) is 167 Å². The average molecular weight is 765 g/mol. The standard InChI is InChI=1S/C57H52N2/c1-6-8-19-44(16-7-2)59-54(34-35-58)39(5)53-36-43(30-33-55(53)59)47-32-31-46(48-21-11-12-22-49(47)48)41-26-28-42(29-27-41)56-37(3)38(4)57(52-24-14-13-23-51(52)56)50-25-15-18-40-17-9-10-20-45(40)50/h6-13,15-23,25-36,52,57H,14,24,58H2,1-5H3/b8-6-,16-7-,35-34-,44-19+. The van der Waals surface area contributed by atoms with E-state index in [1.54, 1.807) is 6.20 Å². The van der Waals surface area contributed by atoms with Gasteiger partial charge in [0.15, 0.2) is 0 Å². The van der Waals surface area contributed by atoms with Crippen LogP contribution in [-0.2, 0) is 0 Å². The molecule has 2 nitrogen and oxygen atoms in total. The Bertz CT molecular complexity index is 2980. The quantitative estimate of drug-likeness (QED) is 0.154. The van der Waals surface area contributed by atoms with Gasteiger partial charge in [0.25, 0.3) is 0 Å². The van der Waals surface area contributed by atoms with Gasteiger partial charge in [0.1, 0.15) is 0 Å². The summed E-state index contributed by atoms with van der Waals surface area (Å²) < 4.78 is 2.31. The van der Waals surface area contributed by atoms with E-state index < -0.39 is 0 Å². The lowest BCUT2D eigenvalue weighted by atomic mass is 9.65. The third kappa shape index (κ3) is 6.54. The number of benzene rings is 6. The van der Waals surface area contributed by atoms with Gasteiger partial charge in [-0.3, -0.25) is 0 Å². The van der Waals surface area contributed by atoms with E-state index in [0.717, 1.165) is 23.3 Å². The van der Waals surface area contributed by atoms with Crippen LogP contribution in [0.3, 0.4) is 0 Å². The Kier molecular flexibility index (Phi) is 10.3. The van der Waals surface area contributed by atoms with Gasteiger partial charge in [0, 0.05) is 17.0 Å². The molecule has 59 heavy (non-hydrogen) atoms. The highest BCUT2D eigenvalue weighted by molar-refractivity contribution is 6.06. The Labute approximate surface area is 349 Å². The molecule has 2 atom stereocenters. The molecule has 0 radical (unpaired) electrons. The lowest BCUT2D eigenvalue weighted by Gasteiger charge is -2.39. The van der Waals surface area contributed by atoms with Crippen LogP contribution in [0.4, 0.5) is 0 Å². The maximum absolute atomic E-state index is 6.01. The number of aryl methyl sites for hydroxylation is 1. The van der Waals surface area contributed by atoms with Crippen LogP contribution >= 0.6 is 0 Å². The van der Waals surface area contributed by atoms with Gasteiger partial charge in [-0.1, -0.05) is 145 Å². The molecule has 0 fully saturated rings. The van der Waals surface area contributed by atoms with Crippen LogP contribution in [0.2, 0.25) is 0 Å². The van der Waals surface area contributed by atoms with Crippen molar-refractivity contribution >= 4 is 49.8 Å². The summed E-state index contributed by atoms with van der Waals surface area (Å²) in [5.74, 6) is 0.829. The smallest absolute Gasteiger partial charge is 0.0538 e. The minimum atomic E-state index is 0.374. The van der Waals surface area contributed by atoms with E-state index in [2.05, 4.69) is 196 Å². The Hall–Kier alpha value is -6.64. The van der Waals surface area contributed by atoms with E-state index in [4.69, 9.17) is 5.73 Å². The number of hydrogen-bond donors (Lipinski definition) is 1. The van der Waals surface area contributed by atoms with Gasteiger partial charge >= 0.3 is 0 Å². The van der Waals surface area contributed by atoms with Crippen LogP contribution in [0.5, 0.6) is 0 Å². The van der Waals surface area contributed by atoms with Crippen molar-refractivity contribution in [2.45, 2.75) is 53.4 Å². The van der Waals surface area contributed by atoms with Gasteiger partial charge < -0.3 is 10.3 Å². The zero-order valence-electron chi connectivity index (χ0n) is 34.8. The fourth-order valence-corrected chi connectivity index (χ4v) is 10.1. The predicted molar refractivity (Wildman–Crippen MR) is 256 cm³/mol. The molecule has 0 spiro atoms. The molecule has 0 amide bonds. The Balaban J connectivity index is 1.10. The molecule has 0 saturated carbocycles. The normalized spacial score (nSPS) is 17.5. The van der Waals surface area contributed by atoms with E-state index in [1.165, 1.54) is 94.6 Å². The summed E-state index contributed by atoms with van der Waals surface area (Å²) in [4.78, 5) is 0. The molecule has 0 aliphatic heterocycles. The molecular formula is C57H52N2. The molecular weight excluding hydrogens is 713 g/mol. The lowest BCUT2D eigenvalue weighted by molar-refractivity contribution is 0.491. The van der Waals surface area contributed by atoms with Crippen LogP contribution in [0, 0.1) is 12.8 Å². The van der Waals surface area contributed by atoms with Crippen molar-refractivity contribution in [2.24, 2.45) is 11.7 Å². The third-order valence-corrected chi connectivity index (χ3v) is 12.9. The molecule has 290 valence electrons. The second kappa shape index (κ2) is 16.0. The summed E-state index contributed by atoms with van der Waals surface area (Å²) in [7, 11) is 0. The lowest BCUT2D eigenvalue weighted by Crippen LogP contribution is -2.24. The highest BCUT2D eigenvalue weighted by atomic mass is 15.0. The summed E-state index contributed by atoms with van der Waals surface area (Å²) in [5.41, 5.74) is 24.0. The van der Waals surface area contributed by atoms with Crippen LogP contribution in [0.25, 0.3) is 72.0 Å². The largest absolute Gasteiger partial charge is 0.405 e. The second-order valence-electron chi connectivity index (χ2n) is 16.1. The third-order valence-electron chi connectivity index (χ3n) is 12.9. The Morgan fingerprint density at radius 3 is 2.10 bits per heavy atom. The van der Waals surface area contributed by atoms with E-state index in [9.17, 15) is 0 Å². The number of allylic oxidation sites excluding steroid dienone is 12. The highest BCUT2D eigenvalue weighted by Gasteiger charge is 2.36. The summed E-state index contributed by atoms with van der Waals surface area (Å²) in [6.07, 6.45) is 21.3. The molecule has 1 aromatic heterocycles. The van der Waals surface area contributed by atoms with Crippen molar-refractivity contribution in [3.8, 4) is 22.3 Å². The van der Waals surface area contributed by atoms with Crippen molar-refractivity contribution in [1.82, 2.24) is 4.57 Å². The Morgan fingerprint density at radius 2 is 1.37 bits per heavy atom. The Morgan fingerprint density at radius 1 is 0.695 bits per heavy atom. The number of rotatable bonds is 8. The minimum Gasteiger partial charge on any atom is -0.405 e. The minimum absolute atomic E-state index is 0.374. The summed E-state index contributed by atoms with van der Waals surface area (Å²) in [6, 6.07) is 45.5. The molecule has 0 saturated heterocycles. The first kappa shape index (κ1) is 37.9. The maximum Gasteiger partial charge on any atom is 0.0538 e. The van der Waals surface area contributed by atoms with E-state index in [-0.39, 0.29) is 0 Å². The molecule has 0 bridgehead atoms. The molecule has 2 aliphatic carbocycles. The number of aromatic nitrogens is 1. The van der Waals surface area contributed by atoms with Crippen LogP contribution in [-0.4, -0.2) is 4.57 Å². The van der Waals surface area contributed by atoms with Gasteiger partial charge in [0.05, 0.1) is 11.2 Å². The van der Waals surface area contributed by atoms with E-state index in [0.29, 0.717) is 11.8 Å². The predicted octanol–water partition coefficient (Wildman–Crippen LogP) is 15.4. The van der Waals surface area contributed by atoms with E-state index in [1.807, 2.05) is 13.0 Å². The topological polar surface area (TPSA) is 30.9 Å². The molecule has 2 aliphatic rings. The van der Waals surface area contributed by atoms with Gasteiger partial charge in [-0.25, -0.2) is 0 Å². The summed E-state index contributed by atoms with van der Waals surface area (Å²) in [6.45, 7) is 11.0. The number of fused-ring (bicyclic) bond motifs is 4. The zero-order chi connectivity index (χ0) is 40.6. The molecule has 7 aromatic rings. The highest BCUT2D eigenvalue weighted by Crippen LogP contribution is 2.52. The monoisotopic (exact) mass is 764 g/mol. The van der Waals surface area contributed by atoms with Crippen LogP contribution in [0.1, 0.15) is 68.8 Å². The van der Waals surface area contributed by atoms with Crippen molar-refractivity contribution in [3.63, 3.8) is 0 Å². The SMILES string of the molecule is C\C=C/C=C(\C=C/C)n1c(/C=C\N)c(C)c2cc(-c3ccc(-c4ccc(C5=C6C=CCCC6C(c6cccc7ccccc67)C(C)=C5C)cc4)c4ccccc34)ccc21. The number of hydrogen-bond acceptors (Lipinski definition) is 1. The molecule has 2 unspecified atom stereocenters. The molecule has 2 N–H and O–H groups in total. The first-order valence-electron chi connectivity index (χ1n) is 21.1. The van der Waals surface area contributed by atoms with Crippen molar-refractivity contribution in [1.29, 1.82) is 0 Å². The van der Waals surface area contributed by atoms with Crippen molar-refractivity contribution in [3.05, 3.63) is 209 Å². The molecule has 1 heterocycles. The summed E-state index contributed by atoms with van der Waals surface area (Å²) >= 11 is 0. The number of nitrogens with two attached hydrogens (primary N) is 1. The molecule has 2 heteroatoms. The van der Waals surface area contributed by atoms with Gasteiger partial charge in [-0.15, -0.1) is 0 Å². The maximum atomic E-state index is 6.01. The molecule has 6 aromatic carbocycles. The van der Waals surface area contributed by atoms with Crippen molar-refractivity contribution < 1.29 is 0 Å². The number of nitrogens with zero attached hydrogens (tertiary/aromatic N) is 1. The second-order valence-corrected chi connectivity index (χ2v) is 16.1. The fraction of sp³-hybridized carbons (Fsp3) is 0.158. The molecule has 9 rings (SSSR count).